The summed E-state index contributed by atoms with van der Waals surface area (Å²) in [6, 6.07) is 0. The van der Waals surface area contributed by atoms with Crippen LogP contribution in [0.1, 0.15) is 46.5 Å². The first kappa shape index (κ1) is 18.9. The summed E-state index contributed by atoms with van der Waals surface area (Å²) in [4.78, 5) is 11.4. The summed E-state index contributed by atoms with van der Waals surface area (Å²) in [7, 11) is 0. The van der Waals surface area contributed by atoms with E-state index in [2.05, 4.69) is 6.58 Å². The maximum absolute atomic E-state index is 11.4. The molecule has 1 aliphatic rings. The number of carboxylic acids is 1. The molecule has 6 heteroatoms. The van der Waals surface area contributed by atoms with Crippen LogP contribution in [0, 0.1) is 5.92 Å². The van der Waals surface area contributed by atoms with Crippen LogP contribution < -0.4 is 0 Å². The van der Waals surface area contributed by atoms with Crippen LogP contribution in [0.4, 0.5) is 0 Å². The quantitative estimate of drug-likeness (QED) is 0.493. The SMILES string of the molecule is C=C(C)OCOC1CCC(OCOC(C)CC)C(C(=O)O)C1. The number of carbonyl (C=O) groups is 1. The number of carboxylic acid groups (broad SMARTS) is 1. The fourth-order valence-electron chi connectivity index (χ4n) is 2.31. The second-order valence-electron chi connectivity index (χ2n) is 5.72. The molecule has 0 spiro atoms. The summed E-state index contributed by atoms with van der Waals surface area (Å²) in [5, 5.41) is 9.37. The van der Waals surface area contributed by atoms with Crippen LogP contribution in [0.5, 0.6) is 0 Å². The van der Waals surface area contributed by atoms with Gasteiger partial charge >= 0.3 is 5.97 Å². The highest BCUT2D eigenvalue weighted by molar-refractivity contribution is 5.71. The van der Waals surface area contributed by atoms with E-state index in [1.165, 1.54) is 0 Å². The van der Waals surface area contributed by atoms with Gasteiger partial charge in [0.05, 0.1) is 30.0 Å². The molecular weight excluding hydrogens is 288 g/mol. The van der Waals surface area contributed by atoms with Gasteiger partial charge in [-0.1, -0.05) is 13.5 Å². The highest BCUT2D eigenvalue weighted by atomic mass is 16.7. The smallest absolute Gasteiger partial charge is 0.309 e. The third-order valence-corrected chi connectivity index (χ3v) is 3.87. The Kier molecular flexibility index (Phi) is 8.45. The van der Waals surface area contributed by atoms with Gasteiger partial charge in [0.2, 0.25) is 0 Å². The predicted octanol–water partition coefficient (Wildman–Crippen LogP) is 2.92. The lowest BCUT2D eigenvalue weighted by atomic mass is 9.84. The molecule has 1 aliphatic carbocycles. The van der Waals surface area contributed by atoms with Crippen molar-refractivity contribution < 1.29 is 28.8 Å². The first-order valence-corrected chi connectivity index (χ1v) is 7.79. The number of hydrogen-bond donors (Lipinski definition) is 1. The predicted molar refractivity (Wildman–Crippen MR) is 81.2 cm³/mol. The van der Waals surface area contributed by atoms with Crippen LogP contribution >= 0.6 is 0 Å². The molecule has 0 amide bonds. The molecule has 0 aromatic carbocycles. The van der Waals surface area contributed by atoms with Gasteiger partial charge in [-0.15, -0.1) is 0 Å². The molecule has 4 unspecified atom stereocenters. The third-order valence-electron chi connectivity index (χ3n) is 3.87. The van der Waals surface area contributed by atoms with Crippen molar-refractivity contribution in [1.29, 1.82) is 0 Å². The fraction of sp³-hybridized carbons (Fsp3) is 0.812. The largest absolute Gasteiger partial charge is 0.481 e. The Balaban J connectivity index is 2.39. The van der Waals surface area contributed by atoms with E-state index < -0.39 is 11.9 Å². The van der Waals surface area contributed by atoms with Crippen molar-refractivity contribution in [2.24, 2.45) is 5.92 Å². The van der Waals surface area contributed by atoms with E-state index in [0.717, 1.165) is 12.8 Å². The Labute approximate surface area is 132 Å². The second-order valence-corrected chi connectivity index (χ2v) is 5.72. The monoisotopic (exact) mass is 316 g/mol. The highest BCUT2D eigenvalue weighted by Gasteiger charge is 2.36. The summed E-state index contributed by atoms with van der Waals surface area (Å²) in [6.45, 7) is 9.59. The molecule has 1 N–H and O–H groups in total. The molecule has 0 bridgehead atoms. The van der Waals surface area contributed by atoms with Crippen molar-refractivity contribution in [3.8, 4) is 0 Å². The van der Waals surface area contributed by atoms with Gasteiger partial charge in [0, 0.05) is 0 Å². The van der Waals surface area contributed by atoms with E-state index in [1.807, 2.05) is 13.8 Å². The molecule has 0 aliphatic heterocycles. The van der Waals surface area contributed by atoms with Gasteiger partial charge in [0.25, 0.3) is 0 Å². The number of aliphatic carboxylic acids is 1. The summed E-state index contributed by atoms with van der Waals surface area (Å²) >= 11 is 0. The zero-order chi connectivity index (χ0) is 16.5. The highest BCUT2D eigenvalue weighted by Crippen LogP contribution is 2.29. The van der Waals surface area contributed by atoms with Crippen molar-refractivity contribution in [3.63, 3.8) is 0 Å². The molecule has 0 saturated heterocycles. The number of hydrogen-bond acceptors (Lipinski definition) is 5. The van der Waals surface area contributed by atoms with Crippen LogP contribution in [0.3, 0.4) is 0 Å². The molecule has 4 atom stereocenters. The van der Waals surface area contributed by atoms with Gasteiger partial charge < -0.3 is 24.1 Å². The van der Waals surface area contributed by atoms with E-state index in [9.17, 15) is 9.90 Å². The van der Waals surface area contributed by atoms with Crippen LogP contribution in [0.15, 0.2) is 12.3 Å². The second kappa shape index (κ2) is 9.82. The standard InChI is InChI=1S/C16H28O6/c1-5-12(4)20-10-22-15-7-6-13(8-14(15)16(17)18)21-9-19-11(2)3/h12-15H,2,5-10H2,1,3-4H3,(H,17,18). The lowest BCUT2D eigenvalue weighted by Gasteiger charge is -2.33. The Morgan fingerprint density at radius 3 is 2.64 bits per heavy atom. The molecule has 0 aromatic rings. The Morgan fingerprint density at radius 2 is 2.05 bits per heavy atom. The molecule has 128 valence electrons. The van der Waals surface area contributed by atoms with E-state index in [0.29, 0.717) is 18.6 Å². The van der Waals surface area contributed by atoms with Crippen LogP contribution in [-0.4, -0.2) is 43.0 Å². The molecule has 22 heavy (non-hydrogen) atoms. The normalized spacial score (nSPS) is 26.4. The number of ether oxygens (including phenoxy) is 4. The van der Waals surface area contributed by atoms with Gasteiger partial charge in [-0.2, -0.15) is 0 Å². The van der Waals surface area contributed by atoms with E-state index in [4.69, 9.17) is 18.9 Å². The van der Waals surface area contributed by atoms with Crippen LogP contribution in [-0.2, 0) is 23.7 Å². The summed E-state index contributed by atoms with van der Waals surface area (Å²) < 4.78 is 21.8. The molecule has 1 rings (SSSR count). The molecular formula is C16H28O6. The van der Waals surface area contributed by atoms with Crippen molar-refractivity contribution in [2.45, 2.75) is 64.8 Å². The molecule has 6 nitrogen and oxygen atoms in total. The van der Waals surface area contributed by atoms with Crippen LogP contribution in [0.2, 0.25) is 0 Å². The van der Waals surface area contributed by atoms with Gasteiger partial charge in [0.1, 0.15) is 6.79 Å². The molecule has 1 fully saturated rings. The summed E-state index contributed by atoms with van der Waals surface area (Å²) in [6.07, 6.45) is 2.36. The summed E-state index contributed by atoms with van der Waals surface area (Å²) in [5.74, 6) is -0.860. The Morgan fingerprint density at radius 1 is 1.32 bits per heavy atom. The van der Waals surface area contributed by atoms with Gasteiger partial charge in [-0.3, -0.25) is 4.79 Å². The zero-order valence-corrected chi connectivity index (χ0v) is 13.7. The maximum Gasteiger partial charge on any atom is 0.309 e. The Bertz CT molecular complexity index is 357. The lowest BCUT2D eigenvalue weighted by molar-refractivity contribution is -0.174. The molecule has 0 radical (unpaired) electrons. The fourth-order valence-corrected chi connectivity index (χ4v) is 2.31. The minimum atomic E-state index is -0.859. The first-order chi connectivity index (χ1) is 10.4. The average Bonchev–Trinajstić information content (AvgIpc) is 2.47. The van der Waals surface area contributed by atoms with E-state index in [-0.39, 0.29) is 31.9 Å². The van der Waals surface area contributed by atoms with Gasteiger partial charge in [-0.05, 0) is 39.5 Å². The van der Waals surface area contributed by atoms with Crippen LogP contribution in [0.25, 0.3) is 0 Å². The lowest BCUT2D eigenvalue weighted by Crippen LogP contribution is -2.40. The number of allylic oxidation sites excluding steroid dienone is 1. The maximum atomic E-state index is 11.4. The van der Waals surface area contributed by atoms with Gasteiger partial charge in [0.15, 0.2) is 6.79 Å². The molecule has 0 aromatic heterocycles. The van der Waals surface area contributed by atoms with Crippen molar-refractivity contribution in [3.05, 3.63) is 12.3 Å². The number of rotatable bonds is 10. The zero-order valence-electron chi connectivity index (χ0n) is 13.7. The minimum Gasteiger partial charge on any atom is -0.481 e. The summed E-state index contributed by atoms with van der Waals surface area (Å²) in [5.41, 5.74) is 0. The molecule has 0 heterocycles. The van der Waals surface area contributed by atoms with E-state index in [1.54, 1.807) is 6.92 Å². The molecule has 1 saturated carbocycles. The Hall–Kier alpha value is -1.11. The van der Waals surface area contributed by atoms with Crippen molar-refractivity contribution in [2.75, 3.05) is 13.6 Å². The third kappa shape index (κ3) is 6.77. The van der Waals surface area contributed by atoms with Gasteiger partial charge in [-0.25, -0.2) is 0 Å². The van der Waals surface area contributed by atoms with Crippen molar-refractivity contribution in [1.82, 2.24) is 0 Å². The van der Waals surface area contributed by atoms with Crippen molar-refractivity contribution >= 4 is 5.97 Å². The minimum absolute atomic E-state index is 0.106. The van der Waals surface area contributed by atoms with E-state index >= 15 is 0 Å². The average molecular weight is 316 g/mol. The topological polar surface area (TPSA) is 74.2 Å². The first-order valence-electron chi connectivity index (χ1n) is 7.79.